The van der Waals surface area contributed by atoms with Crippen molar-refractivity contribution < 1.29 is 27.2 Å². The van der Waals surface area contributed by atoms with Crippen LogP contribution in [0.2, 0.25) is 0 Å². The number of carbonyl (C=O) groups is 2. The first-order chi connectivity index (χ1) is 14.7. The van der Waals surface area contributed by atoms with E-state index in [9.17, 15) is 27.2 Å². The maximum Gasteiger partial charge on any atom is 0.416 e. The number of rotatable bonds is 6. The van der Waals surface area contributed by atoms with Crippen LogP contribution in [0.4, 0.5) is 17.6 Å². The summed E-state index contributed by atoms with van der Waals surface area (Å²) in [6, 6.07) is 16.0. The van der Waals surface area contributed by atoms with Crippen molar-refractivity contribution in [2.45, 2.75) is 18.8 Å². The highest BCUT2D eigenvalue weighted by atomic mass is 19.4. The maximum atomic E-state index is 13.3. The van der Waals surface area contributed by atoms with E-state index in [1.54, 1.807) is 30.3 Å². The van der Waals surface area contributed by atoms with Gasteiger partial charge in [0.2, 0.25) is 5.91 Å². The summed E-state index contributed by atoms with van der Waals surface area (Å²) in [6.45, 7) is -0.317. The molecule has 3 aromatic rings. The Hall–Kier alpha value is -3.68. The first kappa shape index (κ1) is 22.0. The minimum absolute atomic E-state index is 0.0653. The average Bonchev–Trinajstić information content (AvgIpc) is 2.73. The number of amides is 2. The third kappa shape index (κ3) is 5.28. The van der Waals surface area contributed by atoms with Gasteiger partial charge in [-0.25, -0.2) is 4.39 Å². The molecular formula is C23H18F4N2O2. The predicted molar refractivity (Wildman–Crippen MR) is 106 cm³/mol. The zero-order valence-corrected chi connectivity index (χ0v) is 16.1. The van der Waals surface area contributed by atoms with Crippen LogP contribution in [0.25, 0.3) is 0 Å². The molecule has 2 amide bonds. The largest absolute Gasteiger partial charge is 0.416 e. The zero-order chi connectivity index (χ0) is 22.6. The number of nitrogens with zero attached hydrogens (tertiary/aromatic N) is 1. The molecule has 0 heterocycles. The monoisotopic (exact) mass is 430 g/mol. The normalized spacial score (nSPS) is 12.3. The van der Waals surface area contributed by atoms with E-state index in [1.807, 2.05) is 0 Å². The molecule has 3 aromatic carbocycles. The van der Waals surface area contributed by atoms with Crippen LogP contribution in [0.3, 0.4) is 0 Å². The molecule has 0 bridgehead atoms. The molecular weight excluding hydrogens is 412 g/mol. The lowest BCUT2D eigenvalue weighted by atomic mass is 10.0. The molecule has 0 aliphatic rings. The Morgan fingerprint density at radius 2 is 1.55 bits per heavy atom. The molecule has 0 radical (unpaired) electrons. The molecule has 1 atom stereocenters. The van der Waals surface area contributed by atoms with Crippen LogP contribution in [-0.4, -0.2) is 16.7 Å². The summed E-state index contributed by atoms with van der Waals surface area (Å²) in [4.78, 5) is 26.7. The molecule has 0 aliphatic carbocycles. The molecule has 0 fully saturated rings. The summed E-state index contributed by atoms with van der Waals surface area (Å²) in [5, 5.41) is 0. The van der Waals surface area contributed by atoms with Crippen molar-refractivity contribution in [3.63, 3.8) is 0 Å². The van der Waals surface area contributed by atoms with Gasteiger partial charge in [-0.15, -0.1) is 0 Å². The number of primary amides is 1. The van der Waals surface area contributed by atoms with Crippen molar-refractivity contribution in [2.24, 2.45) is 5.73 Å². The number of hydrogen-bond acceptors (Lipinski definition) is 2. The highest BCUT2D eigenvalue weighted by Crippen LogP contribution is 2.31. The van der Waals surface area contributed by atoms with Gasteiger partial charge in [0.25, 0.3) is 5.91 Å². The van der Waals surface area contributed by atoms with Gasteiger partial charge in [0.15, 0.2) is 0 Å². The van der Waals surface area contributed by atoms with Gasteiger partial charge in [-0.3, -0.25) is 9.59 Å². The van der Waals surface area contributed by atoms with E-state index in [0.29, 0.717) is 5.56 Å². The first-order valence-electron chi connectivity index (χ1n) is 9.24. The molecule has 160 valence electrons. The Labute approximate surface area is 175 Å². The molecule has 8 heteroatoms. The number of benzene rings is 3. The van der Waals surface area contributed by atoms with Crippen LogP contribution in [0, 0.1) is 5.82 Å². The Kier molecular flexibility index (Phi) is 6.39. The SMILES string of the molecule is NC(=O)[C@@H](c1ccccc1)N(Cc1cccc(C(F)(F)F)c1)C(=O)c1ccc(F)cc1. The third-order valence-corrected chi connectivity index (χ3v) is 4.66. The van der Waals surface area contributed by atoms with Gasteiger partial charge in [-0.2, -0.15) is 13.2 Å². The standard InChI is InChI=1S/C23H18F4N2O2/c24-19-11-9-17(10-12-19)22(31)29(20(21(28)30)16-6-2-1-3-7-16)14-15-5-4-8-18(13-15)23(25,26)27/h1-13,20H,14H2,(H2,28,30)/t20-/m1/s1. The summed E-state index contributed by atoms with van der Waals surface area (Å²) in [5.41, 5.74) is 5.33. The van der Waals surface area contributed by atoms with Crippen molar-refractivity contribution in [1.82, 2.24) is 4.90 Å². The van der Waals surface area contributed by atoms with Crippen molar-refractivity contribution in [3.05, 3.63) is 107 Å². The van der Waals surface area contributed by atoms with E-state index in [2.05, 4.69) is 0 Å². The summed E-state index contributed by atoms with van der Waals surface area (Å²) in [7, 11) is 0. The van der Waals surface area contributed by atoms with Gasteiger partial charge in [-0.1, -0.05) is 42.5 Å². The summed E-state index contributed by atoms with van der Waals surface area (Å²) >= 11 is 0. The molecule has 0 saturated carbocycles. The van der Waals surface area contributed by atoms with Crippen LogP contribution in [0.15, 0.2) is 78.9 Å². The van der Waals surface area contributed by atoms with Crippen LogP contribution in [0.5, 0.6) is 0 Å². The molecule has 0 aromatic heterocycles. The number of halogens is 4. The zero-order valence-electron chi connectivity index (χ0n) is 16.1. The molecule has 0 saturated heterocycles. The quantitative estimate of drug-likeness (QED) is 0.576. The minimum atomic E-state index is -4.57. The fraction of sp³-hybridized carbons (Fsp3) is 0.130. The smallest absolute Gasteiger partial charge is 0.368 e. The van der Waals surface area contributed by atoms with Gasteiger partial charge in [0.1, 0.15) is 11.9 Å². The van der Waals surface area contributed by atoms with E-state index < -0.39 is 35.4 Å². The van der Waals surface area contributed by atoms with Crippen molar-refractivity contribution in [2.75, 3.05) is 0 Å². The van der Waals surface area contributed by atoms with Crippen LogP contribution >= 0.6 is 0 Å². The van der Waals surface area contributed by atoms with E-state index in [1.165, 1.54) is 24.3 Å². The lowest BCUT2D eigenvalue weighted by Crippen LogP contribution is -2.41. The third-order valence-electron chi connectivity index (χ3n) is 4.66. The van der Waals surface area contributed by atoms with E-state index in [4.69, 9.17) is 5.73 Å². The molecule has 31 heavy (non-hydrogen) atoms. The number of hydrogen-bond donors (Lipinski definition) is 1. The first-order valence-corrected chi connectivity index (χ1v) is 9.24. The predicted octanol–water partition coefficient (Wildman–Crippen LogP) is 4.71. The lowest BCUT2D eigenvalue weighted by molar-refractivity contribution is -0.137. The summed E-state index contributed by atoms with van der Waals surface area (Å²) in [6.07, 6.45) is -4.57. The second kappa shape index (κ2) is 8.99. The van der Waals surface area contributed by atoms with Crippen molar-refractivity contribution in [1.29, 1.82) is 0 Å². The topological polar surface area (TPSA) is 63.4 Å². The Bertz CT molecular complexity index is 1070. The lowest BCUT2D eigenvalue weighted by Gasteiger charge is -2.30. The highest BCUT2D eigenvalue weighted by Gasteiger charge is 2.33. The Morgan fingerprint density at radius 3 is 2.13 bits per heavy atom. The fourth-order valence-electron chi connectivity index (χ4n) is 3.21. The summed E-state index contributed by atoms with van der Waals surface area (Å²) in [5.74, 6) is -2.09. The van der Waals surface area contributed by atoms with Crippen LogP contribution in [-0.2, 0) is 17.5 Å². The van der Waals surface area contributed by atoms with Gasteiger partial charge in [0, 0.05) is 12.1 Å². The number of nitrogens with two attached hydrogens (primary N) is 1. The second-order valence-corrected chi connectivity index (χ2v) is 6.85. The van der Waals surface area contributed by atoms with E-state index >= 15 is 0 Å². The van der Waals surface area contributed by atoms with E-state index in [-0.39, 0.29) is 17.7 Å². The van der Waals surface area contributed by atoms with Crippen LogP contribution in [0.1, 0.15) is 33.1 Å². The highest BCUT2D eigenvalue weighted by molar-refractivity contribution is 5.97. The average molecular weight is 430 g/mol. The van der Waals surface area contributed by atoms with Crippen molar-refractivity contribution in [3.8, 4) is 0 Å². The number of carbonyl (C=O) groups excluding carboxylic acids is 2. The maximum absolute atomic E-state index is 13.3. The molecule has 3 rings (SSSR count). The van der Waals surface area contributed by atoms with Gasteiger partial charge < -0.3 is 10.6 Å². The molecule has 0 aliphatic heterocycles. The number of alkyl halides is 3. The molecule has 0 unspecified atom stereocenters. The molecule has 2 N–H and O–H groups in total. The fourth-order valence-corrected chi connectivity index (χ4v) is 3.21. The Balaban J connectivity index is 2.06. The van der Waals surface area contributed by atoms with Gasteiger partial charge in [-0.05, 0) is 47.5 Å². The minimum Gasteiger partial charge on any atom is -0.368 e. The summed E-state index contributed by atoms with van der Waals surface area (Å²) < 4.78 is 52.7. The molecule has 4 nitrogen and oxygen atoms in total. The van der Waals surface area contributed by atoms with Crippen molar-refractivity contribution >= 4 is 11.8 Å². The van der Waals surface area contributed by atoms with Gasteiger partial charge >= 0.3 is 6.18 Å². The second-order valence-electron chi connectivity index (χ2n) is 6.85. The Morgan fingerprint density at radius 1 is 0.903 bits per heavy atom. The van der Waals surface area contributed by atoms with Crippen LogP contribution < -0.4 is 5.73 Å². The van der Waals surface area contributed by atoms with E-state index in [0.717, 1.165) is 29.2 Å². The molecule has 0 spiro atoms. The van der Waals surface area contributed by atoms with Gasteiger partial charge in [0.05, 0.1) is 5.56 Å².